The topological polar surface area (TPSA) is 71.3 Å². The molecule has 0 bridgehead atoms. The zero-order chi connectivity index (χ0) is 16.5. The second-order valence-corrected chi connectivity index (χ2v) is 6.04. The highest BCUT2D eigenvalue weighted by molar-refractivity contribution is 5.88. The molecule has 0 aromatic carbocycles. The number of amides is 2. The van der Waals surface area contributed by atoms with Gasteiger partial charge in [-0.1, -0.05) is 12.1 Å². The monoisotopic (exact) mass is 321 g/mol. The van der Waals surface area contributed by atoms with Gasteiger partial charge in [0.25, 0.3) is 0 Å². The maximum absolute atomic E-state index is 12.2. The number of carbonyl (C=O) groups is 1. The van der Waals surface area contributed by atoms with Crippen molar-refractivity contribution in [1.29, 1.82) is 0 Å². The van der Waals surface area contributed by atoms with E-state index in [4.69, 9.17) is 0 Å². The molecule has 6 heteroatoms. The molecule has 3 heterocycles. The summed E-state index contributed by atoms with van der Waals surface area (Å²) in [5.74, 6) is 0.600. The van der Waals surface area contributed by atoms with E-state index in [-0.39, 0.29) is 6.03 Å². The number of anilines is 1. The molecular weight excluding hydrogens is 302 g/mol. The summed E-state index contributed by atoms with van der Waals surface area (Å²) in [7, 11) is 0. The van der Waals surface area contributed by atoms with E-state index in [1.165, 1.54) is 5.56 Å². The van der Waals surface area contributed by atoms with Crippen LogP contribution in [0.3, 0.4) is 0 Å². The van der Waals surface area contributed by atoms with Crippen molar-refractivity contribution in [3.8, 4) is 0 Å². The van der Waals surface area contributed by atoms with Crippen LogP contribution >= 0.6 is 0 Å². The lowest BCUT2D eigenvalue weighted by Gasteiger charge is -2.09. The van der Waals surface area contributed by atoms with Crippen LogP contribution in [-0.2, 0) is 19.4 Å². The molecule has 0 fully saturated rings. The number of aromatic nitrogens is 3. The molecule has 3 aromatic rings. The fourth-order valence-electron chi connectivity index (χ4n) is 3.19. The molecule has 0 atom stereocenters. The summed E-state index contributed by atoms with van der Waals surface area (Å²) in [6, 6.07) is 9.51. The largest absolute Gasteiger partial charge is 0.332 e. The average Bonchev–Trinajstić information content (AvgIpc) is 3.16. The van der Waals surface area contributed by atoms with Crippen molar-refractivity contribution in [1.82, 2.24) is 19.7 Å². The van der Waals surface area contributed by atoms with Crippen molar-refractivity contribution in [2.45, 2.75) is 32.7 Å². The number of pyridine rings is 2. The molecule has 0 unspecified atom stereocenters. The third-order valence-corrected chi connectivity index (χ3v) is 4.42. The van der Waals surface area contributed by atoms with Crippen LogP contribution in [0.25, 0.3) is 5.65 Å². The smallest absolute Gasteiger partial charge is 0.320 e. The van der Waals surface area contributed by atoms with Crippen molar-refractivity contribution < 1.29 is 4.79 Å². The van der Waals surface area contributed by atoms with Crippen molar-refractivity contribution in [3.63, 3.8) is 0 Å². The highest BCUT2D eigenvalue weighted by Gasteiger charge is 2.14. The number of carbonyl (C=O) groups excluding carboxylic acids is 1. The number of fused-ring (bicyclic) bond motifs is 2. The van der Waals surface area contributed by atoms with Crippen LogP contribution in [0.4, 0.5) is 10.6 Å². The van der Waals surface area contributed by atoms with Crippen molar-refractivity contribution >= 4 is 17.5 Å². The summed E-state index contributed by atoms with van der Waals surface area (Å²) in [5.41, 5.74) is 5.17. The second-order valence-electron chi connectivity index (χ2n) is 6.04. The number of hydrogen-bond acceptors (Lipinski definition) is 3. The Bertz CT molecular complexity index is 915. The lowest BCUT2D eigenvalue weighted by atomic mass is 10.2. The quantitative estimate of drug-likeness (QED) is 0.779. The van der Waals surface area contributed by atoms with Gasteiger partial charge in [0, 0.05) is 11.9 Å². The standard InChI is InChI=1S/C18H19N5O/c1-12-15(23-10-3-2-7-17(23)20-12)11-19-18(24)22-16-9-8-13-5-4-6-14(13)21-16/h2-3,7-10H,4-6,11H2,1H3,(H2,19,21,22,24). The fraction of sp³-hybridized carbons (Fsp3) is 0.278. The van der Waals surface area contributed by atoms with E-state index in [2.05, 4.69) is 26.7 Å². The van der Waals surface area contributed by atoms with Gasteiger partial charge in [0.15, 0.2) is 0 Å². The number of rotatable bonds is 3. The Hall–Kier alpha value is -2.89. The van der Waals surface area contributed by atoms with Gasteiger partial charge in [-0.05, 0) is 49.9 Å². The van der Waals surface area contributed by atoms with Gasteiger partial charge in [-0.3, -0.25) is 5.32 Å². The van der Waals surface area contributed by atoms with E-state index >= 15 is 0 Å². The lowest BCUT2D eigenvalue weighted by molar-refractivity contribution is 0.251. The first kappa shape index (κ1) is 14.7. The molecule has 0 spiro atoms. The van der Waals surface area contributed by atoms with Gasteiger partial charge in [-0.25, -0.2) is 14.8 Å². The highest BCUT2D eigenvalue weighted by atomic mass is 16.2. The maximum atomic E-state index is 12.2. The van der Waals surface area contributed by atoms with Crippen LogP contribution in [0.1, 0.15) is 29.1 Å². The minimum absolute atomic E-state index is 0.259. The Morgan fingerprint density at radius 1 is 1.21 bits per heavy atom. The molecule has 2 N–H and O–H groups in total. The van der Waals surface area contributed by atoms with Gasteiger partial charge in [0.2, 0.25) is 0 Å². The number of nitrogens with zero attached hydrogens (tertiary/aromatic N) is 3. The van der Waals surface area contributed by atoms with E-state index in [9.17, 15) is 4.79 Å². The SMILES string of the molecule is Cc1nc2ccccn2c1CNC(=O)Nc1ccc2c(n1)CCC2. The van der Waals surface area contributed by atoms with Crippen LogP contribution in [0, 0.1) is 6.92 Å². The van der Waals surface area contributed by atoms with E-state index in [0.29, 0.717) is 12.4 Å². The fourth-order valence-corrected chi connectivity index (χ4v) is 3.19. The van der Waals surface area contributed by atoms with Crippen LogP contribution < -0.4 is 10.6 Å². The van der Waals surface area contributed by atoms with Crippen LogP contribution in [0.15, 0.2) is 36.5 Å². The lowest BCUT2D eigenvalue weighted by Crippen LogP contribution is -2.29. The third kappa shape index (κ3) is 2.71. The van der Waals surface area contributed by atoms with Gasteiger partial charge in [-0.2, -0.15) is 0 Å². The zero-order valence-corrected chi connectivity index (χ0v) is 13.5. The summed E-state index contributed by atoms with van der Waals surface area (Å²) in [6.07, 6.45) is 5.17. The van der Waals surface area contributed by atoms with Crippen LogP contribution in [0.5, 0.6) is 0 Å². The van der Waals surface area contributed by atoms with E-state index in [1.54, 1.807) is 0 Å². The van der Waals surface area contributed by atoms with Crippen molar-refractivity contribution in [3.05, 3.63) is 59.2 Å². The molecule has 0 saturated heterocycles. The molecule has 24 heavy (non-hydrogen) atoms. The minimum atomic E-state index is -0.259. The number of hydrogen-bond donors (Lipinski definition) is 2. The first-order valence-electron chi connectivity index (χ1n) is 8.17. The first-order chi connectivity index (χ1) is 11.7. The predicted molar refractivity (Wildman–Crippen MR) is 92.0 cm³/mol. The average molecular weight is 321 g/mol. The number of nitrogens with one attached hydrogen (secondary N) is 2. The molecule has 0 radical (unpaired) electrons. The molecule has 6 nitrogen and oxygen atoms in total. The molecule has 4 rings (SSSR count). The Labute approximate surface area is 139 Å². The number of aryl methyl sites for hydroxylation is 3. The Morgan fingerprint density at radius 2 is 2.12 bits per heavy atom. The Morgan fingerprint density at radius 3 is 3.04 bits per heavy atom. The Balaban J connectivity index is 1.44. The molecule has 1 aliphatic carbocycles. The normalized spacial score (nSPS) is 13.0. The summed E-state index contributed by atoms with van der Waals surface area (Å²) in [4.78, 5) is 21.2. The van der Waals surface area contributed by atoms with E-state index in [1.807, 2.05) is 41.8 Å². The molecule has 1 aliphatic rings. The second kappa shape index (κ2) is 5.96. The third-order valence-electron chi connectivity index (χ3n) is 4.42. The van der Waals surface area contributed by atoms with E-state index < -0.39 is 0 Å². The van der Waals surface area contributed by atoms with Crippen molar-refractivity contribution in [2.24, 2.45) is 0 Å². The molecule has 3 aromatic heterocycles. The van der Waals surface area contributed by atoms with Gasteiger partial charge in [0.1, 0.15) is 11.5 Å². The molecule has 122 valence electrons. The molecule has 0 saturated carbocycles. The molecule has 0 aliphatic heterocycles. The summed E-state index contributed by atoms with van der Waals surface area (Å²) in [5, 5.41) is 5.69. The van der Waals surface area contributed by atoms with Gasteiger partial charge < -0.3 is 9.72 Å². The van der Waals surface area contributed by atoms with Gasteiger partial charge in [0.05, 0.1) is 17.9 Å². The maximum Gasteiger partial charge on any atom is 0.320 e. The summed E-state index contributed by atoms with van der Waals surface area (Å²) >= 11 is 0. The van der Waals surface area contributed by atoms with Crippen molar-refractivity contribution in [2.75, 3.05) is 5.32 Å². The molecule has 2 amide bonds. The Kier molecular flexibility index (Phi) is 3.65. The van der Waals surface area contributed by atoms with Gasteiger partial charge in [-0.15, -0.1) is 0 Å². The van der Waals surface area contributed by atoms with E-state index in [0.717, 1.165) is 42.0 Å². The van der Waals surface area contributed by atoms with Crippen LogP contribution in [0.2, 0.25) is 0 Å². The highest BCUT2D eigenvalue weighted by Crippen LogP contribution is 2.21. The number of imidazole rings is 1. The number of urea groups is 1. The molecular formula is C18H19N5O. The predicted octanol–water partition coefficient (Wildman–Crippen LogP) is 2.85. The minimum Gasteiger partial charge on any atom is -0.332 e. The van der Waals surface area contributed by atoms with Gasteiger partial charge >= 0.3 is 6.03 Å². The summed E-state index contributed by atoms with van der Waals surface area (Å²) in [6.45, 7) is 2.36. The first-order valence-corrected chi connectivity index (χ1v) is 8.17. The zero-order valence-electron chi connectivity index (χ0n) is 13.5. The van der Waals surface area contributed by atoms with Crippen LogP contribution in [-0.4, -0.2) is 20.4 Å². The summed E-state index contributed by atoms with van der Waals surface area (Å²) < 4.78 is 1.99.